The van der Waals surface area contributed by atoms with Crippen LogP contribution in [0.3, 0.4) is 0 Å². The van der Waals surface area contributed by atoms with Crippen LogP contribution in [-0.2, 0) is 4.79 Å². The average molecular weight is 186 g/mol. The van der Waals surface area contributed by atoms with E-state index in [0.29, 0.717) is 12.4 Å². The van der Waals surface area contributed by atoms with Crippen LogP contribution in [0.5, 0.6) is 0 Å². The van der Waals surface area contributed by atoms with Gasteiger partial charge in [-0.3, -0.25) is 9.69 Å². The summed E-state index contributed by atoms with van der Waals surface area (Å²) < 4.78 is 0. The van der Waals surface area contributed by atoms with Crippen LogP contribution in [0, 0.1) is 0 Å². The second kappa shape index (κ2) is 2.65. The molecule has 66 valence electrons. The van der Waals surface area contributed by atoms with Crippen LogP contribution in [0.1, 0.15) is 6.92 Å². The van der Waals surface area contributed by atoms with E-state index >= 15 is 0 Å². The summed E-state index contributed by atoms with van der Waals surface area (Å²) in [4.78, 5) is 25.9. The van der Waals surface area contributed by atoms with Crippen LogP contribution in [0.15, 0.2) is 0 Å². The van der Waals surface area contributed by atoms with E-state index in [1.54, 1.807) is 16.7 Å². The second-order valence-electron chi connectivity index (χ2n) is 2.85. The molecule has 1 unspecified atom stereocenters. The third kappa shape index (κ3) is 0.857. The van der Waals surface area contributed by atoms with E-state index in [9.17, 15) is 9.59 Å². The van der Waals surface area contributed by atoms with Crippen LogP contribution >= 0.6 is 11.8 Å². The SMILES string of the molecule is CCN1C(=O)C2CSCN2C1=O. The highest BCUT2D eigenvalue weighted by Gasteiger charge is 2.46. The molecule has 1 atom stereocenters. The van der Waals surface area contributed by atoms with Crippen LogP contribution in [0.4, 0.5) is 4.79 Å². The standard InChI is InChI=1S/C7H10N2O2S/c1-2-8-6(10)5-3-12-4-9(5)7(8)11/h5H,2-4H2,1H3. The Hall–Kier alpha value is -0.710. The third-order valence-electron chi connectivity index (χ3n) is 2.23. The molecule has 0 radical (unpaired) electrons. The zero-order valence-corrected chi connectivity index (χ0v) is 7.63. The maximum absolute atomic E-state index is 11.5. The van der Waals surface area contributed by atoms with E-state index in [-0.39, 0.29) is 18.0 Å². The number of nitrogens with zero attached hydrogens (tertiary/aromatic N) is 2. The van der Waals surface area contributed by atoms with Crippen molar-refractivity contribution in [2.24, 2.45) is 0 Å². The minimum atomic E-state index is -0.164. The fourth-order valence-corrected chi connectivity index (χ4v) is 2.69. The number of thioether (sulfide) groups is 1. The fraction of sp³-hybridized carbons (Fsp3) is 0.714. The number of carbonyl (C=O) groups excluding carboxylic acids is 2. The molecule has 0 spiro atoms. The molecule has 5 heteroatoms. The van der Waals surface area contributed by atoms with Gasteiger partial charge in [-0.1, -0.05) is 0 Å². The number of likely N-dealkylation sites (N-methyl/N-ethyl adjacent to an activating group) is 1. The van der Waals surface area contributed by atoms with E-state index in [1.165, 1.54) is 4.90 Å². The first-order chi connectivity index (χ1) is 5.75. The Bertz CT molecular complexity index is 222. The van der Waals surface area contributed by atoms with Gasteiger partial charge in [0.05, 0.1) is 5.88 Å². The van der Waals surface area contributed by atoms with Crippen LogP contribution in [0.2, 0.25) is 0 Å². The Morgan fingerprint density at radius 1 is 1.58 bits per heavy atom. The Balaban J connectivity index is 2.25. The molecule has 0 N–H and O–H groups in total. The van der Waals surface area contributed by atoms with Crippen molar-refractivity contribution in [2.45, 2.75) is 13.0 Å². The fourth-order valence-electron chi connectivity index (χ4n) is 1.56. The molecule has 3 amide bonds. The second-order valence-corrected chi connectivity index (χ2v) is 3.85. The molecule has 0 aromatic carbocycles. The van der Waals surface area contributed by atoms with Crippen LogP contribution in [-0.4, -0.2) is 46.0 Å². The summed E-state index contributed by atoms with van der Waals surface area (Å²) in [5.74, 6) is 1.42. The van der Waals surface area contributed by atoms with Gasteiger partial charge in [0.15, 0.2) is 0 Å². The van der Waals surface area contributed by atoms with E-state index in [1.807, 2.05) is 6.92 Å². The molecular formula is C7H10N2O2S. The lowest BCUT2D eigenvalue weighted by Gasteiger charge is -2.12. The minimum absolute atomic E-state index is 0.0208. The molecule has 0 bridgehead atoms. The van der Waals surface area contributed by atoms with E-state index < -0.39 is 0 Å². The normalized spacial score (nSPS) is 28.6. The first-order valence-electron chi connectivity index (χ1n) is 3.95. The summed E-state index contributed by atoms with van der Waals surface area (Å²) in [5.41, 5.74) is 0. The number of fused-ring (bicyclic) bond motifs is 1. The molecule has 2 fully saturated rings. The van der Waals surface area contributed by atoms with Gasteiger partial charge >= 0.3 is 6.03 Å². The lowest BCUT2D eigenvalue weighted by molar-refractivity contribution is -0.127. The summed E-state index contributed by atoms with van der Waals surface area (Å²) in [6.45, 7) is 2.32. The summed E-state index contributed by atoms with van der Waals surface area (Å²) in [7, 11) is 0. The Kier molecular flexibility index (Phi) is 1.75. The van der Waals surface area contributed by atoms with Gasteiger partial charge in [-0.25, -0.2) is 4.79 Å². The summed E-state index contributed by atoms with van der Waals surface area (Å²) in [6, 6.07) is -0.278. The number of hydrogen-bond donors (Lipinski definition) is 0. The van der Waals surface area contributed by atoms with Gasteiger partial charge in [-0.05, 0) is 6.92 Å². The highest BCUT2D eigenvalue weighted by atomic mass is 32.2. The number of hydrogen-bond acceptors (Lipinski definition) is 3. The van der Waals surface area contributed by atoms with Gasteiger partial charge in [-0.2, -0.15) is 0 Å². The van der Waals surface area contributed by atoms with Gasteiger partial charge in [0.1, 0.15) is 6.04 Å². The lowest BCUT2D eigenvalue weighted by Crippen LogP contribution is -2.32. The average Bonchev–Trinajstić information content (AvgIpc) is 2.58. The molecule has 2 aliphatic heterocycles. The van der Waals surface area contributed by atoms with E-state index in [2.05, 4.69) is 0 Å². The molecule has 2 rings (SSSR count). The predicted octanol–water partition coefficient (Wildman–Crippen LogP) is 0.343. The van der Waals surface area contributed by atoms with Gasteiger partial charge in [0, 0.05) is 12.3 Å². The molecule has 2 saturated heterocycles. The van der Waals surface area contributed by atoms with Crippen molar-refractivity contribution in [3.63, 3.8) is 0 Å². The number of imide groups is 1. The first kappa shape index (κ1) is 7.91. The molecule has 4 nitrogen and oxygen atoms in total. The van der Waals surface area contributed by atoms with Gasteiger partial charge in [0.25, 0.3) is 5.91 Å². The van der Waals surface area contributed by atoms with Crippen molar-refractivity contribution in [2.75, 3.05) is 18.2 Å². The molecule has 0 aromatic rings. The molecule has 0 aromatic heterocycles. The Morgan fingerprint density at radius 3 is 2.92 bits per heavy atom. The van der Waals surface area contributed by atoms with Crippen molar-refractivity contribution in [1.29, 1.82) is 0 Å². The van der Waals surface area contributed by atoms with Crippen molar-refractivity contribution in [3.05, 3.63) is 0 Å². The summed E-state index contributed by atoms with van der Waals surface area (Å²) in [5, 5.41) is 0. The molecule has 2 heterocycles. The molecule has 12 heavy (non-hydrogen) atoms. The van der Waals surface area contributed by atoms with Crippen molar-refractivity contribution < 1.29 is 9.59 Å². The zero-order chi connectivity index (χ0) is 8.72. The number of amides is 3. The number of carbonyl (C=O) groups is 2. The molecule has 2 aliphatic rings. The number of rotatable bonds is 1. The topological polar surface area (TPSA) is 40.6 Å². The van der Waals surface area contributed by atoms with E-state index in [0.717, 1.165) is 5.75 Å². The van der Waals surface area contributed by atoms with Gasteiger partial charge in [0.2, 0.25) is 0 Å². The Labute approximate surface area is 74.9 Å². The van der Waals surface area contributed by atoms with Crippen molar-refractivity contribution in [1.82, 2.24) is 9.80 Å². The van der Waals surface area contributed by atoms with Crippen molar-refractivity contribution >= 4 is 23.7 Å². The monoisotopic (exact) mass is 186 g/mol. The van der Waals surface area contributed by atoms with Crippen LogP contribution < -0.4 is 0 Å². The molecular weight excluding hydrogens is 176 g/mol. The molecule has 0 saturated carbocycles. The largest absolute Gasteiger partial charge is 0.328 e. The lowest BCUT2D eigenvalue weighted by atomic mass is 10.3. The van der Waals surface area contributed by atoms with Gasteiger partial charge in [-0.15, -0.1) is 11.8 Å². The molecule has 0 aliphatic carbocycles. The highest BCUT2D eigenvalue weighted by Crippen LogP contribution is 2.28. The smallest absolute Gasteiger partial charge is 0.302 e. The maximum atomic E-state index is 11.5. The minimum Gasteiger partial charge on any atom is -0.302 e. The van der Waals surface area contributed by atoms with E-state index in [4.69, 9.17) is 0 Å². The first-order valence-corrected chi connectivity index (χ1v) is 5.11. The third-order valence-corrected chi connectivity index (χ3v) is 3.24. The van der Waals surface area contributed by atoms with Crippen LogP contribution in [0.25, 0.3) is 0 Å². The highest BCUT2D eigenvalue weighted by molar-refractivity contribution is 7.99. The quantitative estimate of drug-likeness (QED) is 0.555. The summed E-state index contributed by atoms with van der Waals surface area (Å²) >= 11 is 1.64. The zero-order valence-electron chi connectivity index (χ0n) is 6.82. The number of urea groups is 1. The maximum Gasteiger partial charge on any atom is 0.328 e. The Morgan fingerprint density at radius 2 is 2.33 bits per heavy atom. The summed E-state index contributed by atoms with van der Waals surface area (Å²) in [6.07, 6.45) is 0. The van der Waals surface area contributed by atoms with Crippen molar-refractivity contribution in [3.8, 4) is 0 Å². The van der Waals surface area contributed by atoms with Gasteiger partial charge < -0.3 is 4.90 Å². The predicted molar refractivity (Wildman–Crippen MR) is 45.7 cm³/mol.